The van der Waals surface area contributed by atoms with Crippen LogP contribution in [-0.2, 0) is 48.6 Å². The first kappa shape index (κ1) is 62.4. The molecule has 10 N–H and O–H groups in total. The van der Waals surface area contributed by atoms with Crippen LogP contribution in [0.2, 0.25) is 0 Å². The Labute approximate surface area is 507 Å². The van der Waals surface area contributed by atoms with Gasteiger partial charge in [-0.2, -0.15) is 0 Å². The van der Waals surface area contributed by atoms with Gasteiger partial charge >= 0.3 is 12.1 Å². The van der Waals surface area contributed by atoms with Gasteiger partial charge in [-0.15, -0.1) is 0 Å². The fourth-order valence-electron chi connectivity index (χ4n) is 9.69. The number of aliphatic hydroxyl groups is 2. The minimum Gasteiger partial charge on any atom is -0.497 e. The SMILES string of the molecule is CCNC(=O)[C@H]1O[C@@H](n2cnc3c(NC(=O)Nc4cccc(S(=O)(=O)Nc5ccc(OC)cc5)c4)ncnc32)C(O)C1O.CCNC(=O)[C@H]1O[C@@H](n2cnc3c(NC(=O)Nc4cccc(S(=O)(=O)Nc5ccc(OC)cc5)c4)ncnc32)C2OC(C)(C)OC21. The predicted octanol–water partition coefficient (Wildman–Crippen LogP) is 3.87. The fraction of sp³-hybridized carbons (Fsp3) is 0.309. The topological polar surface area (TPSA) is 416 Å². The number of aromatic nitrogens is 8. The second-order valence-electron chi connectivity index (χ2n) is 20.2. The van der Waals surface area contributed by atoms with Gasteiger partial charge in [0.15, 0.2) is 64.4 Å². The van der Waals surface area contributed by atoms with Gasteiger partial charge in [-0.25, -0.2) is 56.3 Å². The van der Waals surface area contributed by atoms with Crippen molar-refractivity contribution < 1.29 is 74.6 Å². The Morgan fingerprint density at radius 2 is 0.989 bits per heavy atom. The van der Waals surface area contributed by atoms with Crippen molar-refractivity contribution in [2.75, 3.05) is 58.0 Å². The Kier molecular flexibility index (Phi) is 18.2. The highest BCUT2D eigenvalue weighted by atomic mass is 32.2. The summed E-state index contributed by atoms with van der Waals surface area (Å²) in [5.74, 6) is -0.609. The normalized spacial score (nSPS) is 20.9. The van der Waals surface area contributed by atoms with Gasteiger partial charge < -0.3 is 59.9 Å². The van der Waals surface area contributed by atoms with E-state index in [1.807, 2.05) is 6.92 Å². The molecule has 32 nitrogen and oxygen atoms in total. The number of anilines is 6. The molecule has 3 saturated heterocycles. The number of carbonyl (C=O) groups excluding carboxylic acids is 4. The Morgan fingerprint density at radius 3 is 1.45 bits per heavy atom. The Morgan fingerprint density at radius 1 is 0.551 bits per heavy atom. The van der Waals surface area contributed by atoms with Crippen molar-refractivity contribution in [2.45, 2.75) is 92.4 Å². The van der Waals surface area contributed by atoms with Crippen molar-refractivity contribution in [1.82, 2.24) is 49.7 Å². The van der Waals surface area contributed by atoms with E-state index in [4.69, 9.17) is 28.4 Å². The van der Waals surface area contributed by atoms with Crippen molar-refractivity contribution in [3.8, 4) is 11.5 Å². The molecule has 0 saturated carbocycles. The number of benzene rings is 4. The number of likely N-dealkylation sites (N-methyl/N-ethyl adjacent to an activating group) is 2. The van der Waals surface area contributed by atoms with Crippen LogP contribution < -0.4 is 50.8 Å². The first-order chi connectivity index (χ1) is 42.6. The number of amides is 6. The maximum absolute atomic E-state index is 13.0. The van der Waals surface area contributed by atoms with E-state index in [0.29, 0.717) is 41.6 Å². The fourth-order valence-corrected chi connectivity index (χ4v) is 11.9. The molecule has 8 atom stereocenters. The van der Waals surface area contributed by atoms with E-state index in [9.17, 15) is 46.2 Å². The highest BCUT2D eigenvalue weighted by Gasteiger charge is 2.58. The van der Waals surface area contributed by atoms with Gasteiger partial charge in [0, 0.05) is 35.8 Å². The molecule has 4 aromatic carbocycles. The zero-order valence-electron chi connectivity index (χ0n) is 48.1. The zero-order valence-corrected chi connectivity index (χ0v) is 49.7. The summed E-state index contributed by atoms with van der Waals surface area (Å²) in [6, 6.07) is 22.7. The quantitative estimate of drug-likeness (QED) is 0.0583. The Balaban J connectivity index is 0.000000197. The third-order valence-corrected chi connectivity index (χ3v) is 16.5. The van der Waals surface area contributed by atoms with E-state index in [1.54, 1.807) is 79.9 Å². The highest BCUT2D eigenvalue weighted by Crippen LogP contribution is 2.44. The van der Waals surface area contributed by atoms with Crippen molar-refractivity contribution >= 4 is 101 Å². The molecule has 468 valence electrons. The van der Waals surface area contributed by atoms with Crippen molar-refractivity contribution in [3.05, 3.63) is 122 Å². The van der Waals surface area contributed by atoms with E-state index >= 15 is 0 Å². The molecule has 4 aromatic heterocycles. The van der Waals surface area contributed by atoms with Crippen molar-refractivity contribution in [3.63, 3.8) is 0 Å². The monoisotopic (exact) mass is 1260 g/mol. The number of urea groups is 2. The number of imidazole rings is 2. The molecular weight excluding hydrogens is 1200 g/mol. The molecule has 7 heterocycles. The average molecular weight is 1270 g/mol. The van der Waals surface area contributed by atoms with E-state index in [1.165, 1.54) is 80.2 Å². The lowest BCUT2D eigenvalue weighted by molar-refractivity contribution is -0.197. The third-order valence-electron chi connectivity index (χ3n) is 13.7. The van der Waals surface area contributed by atoms with Crippen LogP contribution >= 0.6 is 0 Å². The lowest BCUT2D eigenvalue weighted by Crippen LogP contribution is -2.42. The number of hydrogen-bond acceptors (Lipinski definition) is 22. The molecule has 0 aliphatic carbocycles. The van der Waals surface area contributed by atoms with Crippen LogP contribution in [0.1, 0.15) is 40.2 Å². The number of carbonyl (C=O) groups is 4. The molecule has 0 radical (unpaired) electrons. The minimum absolute atomic E-state index is 0.000454. The number of rotatable bonds is 18. The van der Waals surface area contributed by atoms with Crippen LogP contribution in [0.15, 0.2) is 132 Å². The number of aliphatic hydroxyl groups excluding tert-OH is 2. The molecule has 3 aliphatic rings. The van der Waals surface area contributed by atoms with Crippen molar-refractivity contribution in [2.24, 2.45) is 0 Å². The Bertz CT molecular complexity index is 4160. The molecule has 6 amide bonds. The second kappa shape index (κ2) is 26.0. The van der Waals surface area contributed by atoms with Gasteiger partial charge in [-0.1, -0.05) is 12.1 Å². The lowest BCUT2D eigenvalue weighted by Gasteiger charge is -2.24. The number of methoxy groups -OCH3 is 2. The number of ether oxygens (including phenoxy) is 6. The highest BCUT2D eigenvalue weighted by molar-refractivity contribution is 7.93. The molecule has 4 unspecified atom stereocenters. The summed E-state index contributed by atoms with van der Waals surface area (Å²) in [5.41, 5.74) is 1.91. The average Bonchev–Trinajstić information content (AvgIpc) is 1.60. The maximum atomic E-state index is 13.0. The molecule has 3 aliphatic heterocycles. The predicted molar refractivity (Wildman–Crippen MR) is 317 cm³/mol. The lowest BCUT2D eigenvalue weighted by atomic mass is 10.1. The van der Waals surface area contributed by atoms with Gasteiger partial charge in [0.2, 0.25) is 0 Å². The van der Waals surface area contributed by atoms with E-state index in [0.717, 1.165) is 6.33 Å². The van der Waals surface area contributed by atoms with Gasteiger partial charge in [0.1, 0.15) is 48.6 Å². The first-order valence-electron chi connectivity index (χ1n) is 27.2. The van der Waals surface area contributed by atoms with E-state index in [2.05, 4.69) is 71.2 Å². The largest absolute Gasteiger partial charge is 0.497 e. The van der Waals surface area contributed by atoms with Crippen LogP contribution in [0, 0.1) is 0 Å². The summed E-state index contributed by atoms with van der Waals surface area (Å²) in [5, 5.41) is 36.6. The standard InChI is InChI=1S/C29H32N8O8S.C26H28N8O8S/c1-5-30-26(38)22-21-23(45-29(2,3)44-21)27(43-22)37-15-33-20-24(31-14-32-25(20)37)35-28(39)34-17-7-6-8-19(13-17)46(40,41)36-16-9-11-18(42-4)12-10-16;1-3-27-24(37)21-19(35)20(36)25(42-21)34-13-30-18-22(28-12-29-23(18)34)32-26(38)31-15-5-4-6-17(11-15)43(39,40)33-14-7-9-16(41-2)10-8-14/h6-15,21-23,27,36H,5H2,1-4H3,(H,30,38)(H2,31,32,34,35,39);4-13,19-21,25,33,35-36H,3H2,1-2H3,(H,27,37)(H2,28,29,31,32,38)/t21?,22-,23?,27+;19?,20?,21-,25+/m00/s1. The molecule has 3 fully saturated rings. The zero-order chi connectivity index (χ0) is 63.4. The molecule has 34 heteroatoms. The summed E-state index contributed by atoms with van der Waals surface area (Å²) < 4.78 is 93.7. The number of fused-ring (bicyclic) bond motifs is 3. The summed E-state index contributed by atoms with van der Waals surface area (Å²) in [6.07, 6.45) is -3.39. The minimum atomic E-state index is -3.98. The summed E-state index contributed by atoms with van der Waals surface area (Å²) in [6.45, 7) is 7.76. The van der Waals surface area contributed by atoms with Crippen LogP contribution in [-0.4, -0.2) is 160 Å². The summed E-state index contributed by atoms with van der Waals surface area (Å²) in [7, 11) is -4.92. The number of hydrogen-bond donors (Lipinski definition) is 10. The molecule has 8 aromatic rings. The van der Waals surface area contributed by atoms with Crippen LogP contribution in [0.3, 0.4) is 0 Å². The van der Waals surface area contributed by atoms with Gasteiger partial charge in [0.25, 0.3) is 31.9 Å². The Hall–Kier alpha value is -9.68. The van der Waals surface area contributed by atoms with Crippen LogP contribution in [0.25, 0.3) is 22.3 Å². The number of nitrogens with zero attached hydrogens (tertiary/aromatic N) is 8. The number of sulfonamides is 2. The van der Waals surface area contributed by atoms with Gasteiger partial charge in [-0.3, -0.25) is 38.8 Å². The third kappa shape index (κ3) is 13.7. The molecule has 89 heavy (non-hydrogen) atoms. The molecular formula is C55H60N16O16S2. The summed E-state index contributed by atoms with van der Waals surface area (Å²) >= 11 is 0. The molecule has 0 bridgehead atoms. The second-order valence-corrected chi connectivity index (χ2v) is 23.6. The van der Waals surface area contributed by atoms with Gasteiger partial charge in [-0.05, 0) is 113 Å². The first-order valence-corrected chi connectivity index (χ1v) is 30.2. The van der Waals surface area contributed by atoms with Gasteiger partial charge in [0.05, 0.1) is 36.7 Å². The van der Waals surface area contributed by atoms with Crippen molar-refractivity contribution in [1.29, 1.82) is 0 Å². The smallest absolute Gasteiger partial charge is 0.324 e. The molecule has 11 rings (SSSR count). The van der Waals surface area contributed by atoms with Crippen LogP contribution in [0.4, 0.5) is 44.0 Å². The van der Waals surface area contributed by atoms with Crippen LogP contribution in [0.5, 0.6) is 11.5 Å². The van der Waals surface area contributed by atoms with E-state index < -0.39 is 92.9 Å². The molecule has 0 spiro atoms. The van der Waals surface area contributed by atoms with E-state index in [-0.39, 0.29) is 55.4 Å². The summed E-state index contributed by atoms with van der Waals surface area (Å²) in [4.78, 5) is 76.0. The maximum Gasteiger partial charge on any atom is 0.324 e. The number of nitrogens with one attached hydrogen (secondary N) is 8.